The van der Waals surface area contributed by atoms with Crippen molar-refractivity contribution in [3.63, 3.8) is 0 Å². The molecule has 0 fully saturated rings. The molecule has 27 heavy (non-hydrogen) atoms. The third kappa shape index (κ3) is 7.82. The molecule has 0 saturated heterocycles. The molecule has 150 valence electrons. The number of alkyl carbamates (subject to hydrolysis) is 1. The highest BCUT2D eigenvalue weighted by Crippen LogP contribution is 2.24. The van der Waals surface area contributed by atoms with E-state index >= 15 is 0 Å². The van der Waals surface area contributed by atoms with Crippen molar-refractivity contribution < 1.29 is 24.0 Å². The van der Waals surface area contributed by atoms with Crippen molar-refractivity contribution in [1.82, 2.24) is 5.32 Å². The summed E-state index contributed by atoms with van der Waals surface area (Å²) >= 11 is 5.86. The molecule has 0 radical (unpaired) electrons. The van der Waals surface area contributed by atoms with Gasteiger partial charge in [0.2, 0.25) is 0 Å². The van der Waals surface area contributed by atoms with Gasteiger partial charge in [-0.15, -0.1) is 0 Å². The van der Waals surface area contributed by atoms with E-state index in [-0.39, 0.29) is 0 Å². The fourth-order valence-electron chi connectivity index (χ4n) is 2.16. The quantitative estimate of drug-likeness (QED) is 0.456. The van der Waals surface area contributed by atoms with Gasteiger partial charge in [0, 0.05) is 9.95 Å². The molecule has 0 heterocycles. The van der Waals surface area contributed by atoms with Crippen LogP contribution in [0.3, 0.4) is 0 Å². The Morgan fingerprint density at radius 2 is 1.52 bits per heavy atom. The average Bonchev–Trinajstić information content (AvgIpc) is 2.42. The van der Waals surface area contributed by atoms with Gasteiger partial charge in [-0.1, -0.05) is 23.7 Å². The van der Waals surface area contributed by atoms with Crippen molar-refractivity contribution >= 4 is 23.7 Å². The highest BCUT2D eigenvalue weighted by atomic mass is 35.5. The highest BCUT2D eigenvalue weighted by molar-refractivity contribution is 6.30. The van der Waals surface area contributed by atoms with Crippen molar-refractivity contribution in [2.45, 2.75) is 64.8 Å². The Morgan fingerprint density at radius 3 is 1.93 bits per heavy atom. The van der Waals surface area contributed by atoms with Crippen molar-refractivity contribution in [2.75, 3.05) is 0 Å². The molecule has 2 atom stereocenters. The number of hydrogen-bond donors (Lipinski definition) is 1. The lowest BCUT2D eigenvalue weighted by Crippen LogP contribution is -2.48. The first-order valence-electron chi connectivity index (χ1n) is 8.31. The van der Waals surface area contributed by atoms with Gasteiger partial charge in [-0.2, -0.15) is 0 Å². The third-order valence-electron chi connectivity index (χ3n) is 3.09. The number of nitrogens with zero attached hydrogens (tertiary/aromatic N) is 1. The Bertz CT molecular complexity index is 691. The topological polar surface area (TPSA) is 108 Å². The van der Waals surface area contributed by atoms with Gasteiger partial charge in [-0.3, -0.25) is 10.1 Å². The second kappa shape index (κ2) is 8.56. The second-order valence-corrected chi connectivity index (χ2v) is 8.38. The fraction of sp³-hybridized carbons (Fsp3) is 0.556. The van der Waals surface area contributed by atoms with E-state index < -0.39 is 40.3 Å². The zero-order chi connectivity index (χ0) is 21.0. The van der Waals surface area contributed by atoms with Crippen LogP contribution in [0.15, 0.2) is 24.3 Å². The number of hydrogen-bond acceptors (Lipinski definition) is 6. The number of ether oxygens (including phenoxy) is 2. The van der Waals surface area contributed by atoms with E-state index in [1.807, 2.05) is 0 Å². The molecule has 1 amide bonds. The molecule has 9 heteroatoms. The molecule has 0 aliphatic rings. The van der Waals surface area contributed by atoms with Gasteiger partial charge in [0.05, 0.1) is 0 Å². The largest absolute Gasteiger partial charge is 0.455 e. The van der Waals surface area contributed by atoms with Gasteiger partial charge in [0.1, 0.15) is 17.2 Å². The van der Waals surface area contributed by atoms with Crippen molar-refractivity contribution in [3.05, 3.63) is 45.0 Å². The summed E-state index contributed by atoms with van der Waals surface area (Å²) < 4.78 is 10.3. The summed E-state index contributed by atoms with van der Waals surface area (Å²) in [7, 11) is 0. The maximum atomic E-state index is 12.5. The Hall–Kier alpha value is -2.35. The fourth-order valence-corrected chi connectivity index (χ4v) is 2.28. The maximum absolute atomic E-state index is 12.5. The molecule has 0 aliphatic carbocycles. The molecule has 8 nitrogen and oxygen atoms in total. The van der Waals surface area contributed by atoms with Crippen LogP contribution >= 0.6 is 11.6 Å². The van der Waals surface area contributed by atoms with Gasteiger partial charge < -0.3 is 14.8 Å². The van der Waals surface area contributed by atoms with Gasteiger partial charge in [-0.05, 0) is 59.2 Å². The first-order chi connectivity index (χ1) is 12.2. The van der Waals surface area contributed by atoms with Crippen LogP contribution in [-0.2, 0) is 14.3 Å². The summed E-state index contributed by atoms with van der Waals surface area (Å²) in [6.07, 6.45) is -0.891. The average molecular weight is 401 g/mol. The number of rotatable bonds is 5. The maximum Gasteiger partial charge on any atom is 0.408 e. The standard InChI is InChI=1S/C18H25ClN2O6/c1-17(2,3)26-15(22)14(21(24)25)13(11-7-9-12(19)10-8-11)20-16(23)27-18(4,5)6/h7-10,13-14H,1-6H3,(H,20,23)/t13-,14-/m1/s1. The Labute approximate surface area is 163 Å². The summed E-state index contributed by atoms with van der Waals surface area (Å²) in [5, 5.41) is 14.5. The first-order valence-corrected chi connectivity index (χ1v) is 8.69. The van der Waals surface area contributed by atoms with Crippen LogP contribution in [0.4, 0.5) is 4.79 Å². The number of nitrogens with one attached hydrogen (secondary N) is 1. The predicted octanol–water partition coefficient (Wildman–Crippen LogP) is 3.89. The molecule has 1 aromatic carbocycles. The zero-order valence-electron chi connectivity index (χ0n) is 16.2. The summed E-state index contributed by atoms with van der Waals surface area (Å²) in [5.74, 6) is -1.07. The van der Waals surface area contributed by atoms with E-state index in [0.717, 1.165) is 0 Å². The lowest BCUT2D eigenvalue weighted by atomic mass is 9.99. The molecule has 0 aliphatic heterocycles. The summed E-state index contributed by atoms with van der Waals surface area (Å²) in [6.45, 7) is 9.76. The van der Waals surface area contributed by atoms with Gasteiger partial charge >= 0.3 is 18.1 Å². The summed E-state index contributed by atoms with van der Waals surface area (Å²) in [4.78, 5) is 35.6. The molecule has 0 saturated carbocycles. The number of nitro groups is 1. The smallest absolute Gasteiger partial charge is 0.408 e. The molecule has 1 N–H and O–H groups in total. The molecule has 0 aromatic heterocycles. The van der Waals surface area contributed by atoms with Gasteiger partial charge in [-0.25, -0.2) is 9.59 Å². The zero-order valence-corrected chi connectivity index (χ0v) is 17.0. The molecule has 0 bridgehead atoms. The third-order valence-corrected chi connectivity index (χ3v) is 3.34. The minimum absolute atomic E-state index is 0.317. The number of esters is 1. The van der Waals surface area contributed by atoms with Crippen LogP contribution < -0.4 is 5.32 Å². The SMILES string of the molecule is CC(C)(C)OC(=O)N[C@H](c1ccc(Cl)cc1)[C@H](C(=O)OC(C)(C)C)[N+](=O)[O-]. The van der Waals surface area contributed by atoms with Crippen LogP contribution in [0.5, 0.6) is 0 Å². The minimum Gasteiger partial charge on any atom is -0.455 e. The first kappa shape index (κ1) is 22.7. The molecule has 0 spiro atoms. The molecule has 1 rings (SSSR count). The van der Waals surface area contributed by atoms with E-state index in [1.54, 1.807) is 41.5 Å². The summed E-state index contributed by atoms with van der Waals surface area (Å²) in [6, 6.07) is 2.83. The molecule has 0 unspecified atom stereocenters. The van der Waals surface area contributed by atoms with E-state index in [1.165, 1.54) is 24.3 Å². The van der Waals surface area contributed by atoms with Crippen LogP contribution in [0.2, 0.25) is 5.02 Å². The predicted molar refractivity (Wildman–Crippen MR) is 100 cm³/mol. The Balaban J connectivity index is 3.27. The van der Waals surface area contributed by atoms with Crippen molar-refractivity contribution in [1.29, 1.82) is 0 Å². The van der Waals surface area contributed by atoms with E-state index in [4.69, 9.17) is 21.1 Å². The number of halogens is 1. The minimum atomic E-state index is -1.86. The van der Waals surface area contributed by atoms with Crippen LogP contribution in [0, 0.1) is 10.1 Å². The number of amides is 1. The van der Waals surface area contributed by atoms with E-state index in [9.17, 15) is 19.7 Å². The van der Waals surface area contributed by atoms with Crippen molar-refractivity contribution in [2.24, 2.45) is 0 Å². The molecule has 1 aromatic rings. The Morgan fingerprint density at radius 1 is 1.04 bits per heavy atom. The van der Waals surface area contributed by atoms with Crippen LogP contribution in [0.25, 0.3) is 0 Å². The van der Waals surface area contributed by atoms with E-state index in [2.05, 4.69) is 5.32 Å². The molecular formula is C18H25ClN2O6. The monoisotopic (exact) mass is 400 g/mol. The van der Waals surface area contributed by atoms with E-state index in [0.29, 0.717) is 10.6 Å². The highest BCUT2D eigenvalue weighted by Gasteiger charge is 2.44. The van der Waals surface area contributed by atoms with Gasteiger partial charge in [0.25, 0.3) is 0 Å². The van der Waals surface area contributed by atoms with Gasteiger partial charge in [0.15, 0.2) is 0 Å². The normalized spacial score (nSPS) is 14.0. The number of carbonyl (C=O) groups is 2. The lowest BCUT2D eigenvalue weighted by molar-refractivity contribution is -0.516. The number of carbonyl (C=O) groups excluding carboxylic acids is 2. The van der Waals surface area contributed by atoms with Crippen LogP contribution in [-0.4, -0.2) is 34.2 Å². The summed E-state index contributed by atoms with van der Waals surface area (Å²) in [5.41, 5.74) is -1.43. The lowest BCUT2D eigenvalue weighted by Gasteiger charge is -2.27. The number of benzene rings is 1. The second-order valence-electron chi connectivity index (χ2n) is 7.94. The molecular weight excluding hydrogens is 376 g/mol. The van der Waals surface area contributed by atoms with Crippen molar-refractivity contribution in [3.8, 4) is 0 Å². The Kier molecular flexibility index (Phi) is 7.19. The van der Waals surface area contributed by atoms with Crippen LogP contribution in [0.1, 0.15) is 53.1 Å².